The smallest absolute Gasteiger partial charge is 0.295 e. The number of imidazole rings is 1. The molecule has 7 heteroatoms. The molecule has 1 N–H and O–H groups in total. The zero-order valence-corrected chi connectivity index (χ0v) is 20.6. The molecular formula is C28H31N3O4. The van der Waals surface area contributed by atoms with E-state index < -0.39 is 17.7 Å². The standard InChI is InChI=1S/C28H31N3O4/c1-28(2,3)21-11-9-19(10-12-21)24-23(25(32)20-7-5-8-22(17-20)35-4)26(33)27(34)31(24)15-6-14-30-16-13-29-18-30/h5,7-13,16-18,24,32H,6,14-15H2,1-4H3/t24-/m1/s1. The number of ketones is 1. The summed E-state index contributed by atoms with van der Waals surface area (Å²) in [5.41, 5.74) is 2.41. The third-order valence-electron chi connectivity index (χ3n) is 6.35. The van der Waals surface area contributed by atoms with Crippen LogP contribution in [0.2, 0.25) is 0 Å². The topological polar surface area (TPSA) is 84.7 Å². The second kappa shape index (κ2) is 9.78. The molecule has 1 aliphatic heterocycles. The number of aliphatic hydroxyl groups excluding tert-OH is 1. The fourth-order valence-corrected chi connectivity index (χ4v) is 4.39. The maximum absolute atomic E-state index is 13.2. The first kappa shape index (κ1) is 24.3. The van der Waals surface area contributed by atoms with Gasteiger partial charge in [-0.25, -0.2) is 4.98 Å². The van der Waals surface area contributed by atoms with Crippen molar-refractivity contribution in [1.29, 1.82) is 0 Å². The van der Waals surface area contributed by atoms with Crippen LogP contribution in [0.3, 0.4) is 0 Å². The molecule has 0 unspecified atom stereocenters. The van der Waals surface area contributed by atoms with Crippen LogP contribution >= 0.6 is 0 Å². The van der Waals surface area contributed by atoms with Crippen molar-refractivity contribution in [1.82, 2.24) is 14.5 Å². The number of carbonyl (C=O) groups is 2. The van der Waals surface area contributed by atoms with Gasteiger partial charge >= 0.3 is 0 Å². The summed E-state index contributed by atoms with van der Waals surface area (Å²) in [6, 6.07) is 14.1. The first-order chi connectivity index (χ1) is 16.7. The molecule has 0 aliphatic carbocycles. The molecule has 1 aliphatic rings. The van der Waals surface area contributed by atoms with Crippen molar-refractivity contribution >= 4 is 17.4 Å². The van der Waals surface area contributed by atoms with Crippen molar-refractivity contribution in [3.63, 3.8) is 0 Å². The van der Waals surface area contributed by atoms with Gasteiger partial charge in [0.2, 0.25) is 0 Å². The van der Waals surface area contributed by atoms with Crippen LogP contribution in [0.5, 0.6) is 5.75 Å². The lowest BCUT2D eigenvalue weighted by molar-refractivity contribution is -0.139. The van der Waals surface area contributed by atoms with E-state index in [1.165, 1.54) is 7.11 Å². The second-order valence-electron chi connectivity index (χ2n) is 9.75. The number of likely N-dealkylation sites (tertiary alicyclic amines) is 1. The Morgan fingerprint density at radius 3 is 2.46 bits per heavy atom. The summed E-state index contributed by atoms with van der Waals surface area (Å²) in [6.45, 7) is 7.42. The van der Waals surface area contributed by atoms with Crippen molar-refractivity contribution in [3.8, 4) is 5.75 Å². The van der Waals surface area contributed by atoms with Crippen molar-refractivity contribution in [2.75, 3.05) is 13.7 Å². The molecule has 0 saturated carbocycles. The Morgan fingerprint density at radius 2 is 1.83 bits per heavy atom. The minimum atomic E-state index is -0.683. The molecule has 3 aromatic rings. The Bertz CT molecular complexity index is 1240. The molecule has 1 fully saturated rings. The minimum Gasteiger partial charge on any atom is -0.507 e. The largest absolute Gasteiger partial charge is 0.507 e. The molecule has 7 nitrogen and oxygen atoms in total. The molecule has 1 saturated heterocycles. The molecular weight excluding hydrogens is 442 g/mol. The third kappa shape index (κ3) is 4.99. The summed E-state index contributed by atoms with van der Waals surface area (Å²) in [7, 11) is 1.54. The van der Waals surface area contributed by atoms with E-state index in [1.807, 2.05) is 35.0 Å². The molecule has 1 amide bonds. The van der Waals surface area contributed by atoms with Gasteiger partial charge in [-0.05, 0) is 35.1 Å². The third-order valence-corrected chi connectivity index (χ3v) is 6.35. The Labute approximate surface area is 205 Å². The summed E-state index contributed by atoms with van der Waals surface area (Å²) < 4.78 is 7.21. The number of aliphatic hydroxyl groups is 1. The van der Waals surface area contributed by atoms with Crippen LogP contribution < -0.4 is 4.74 Å². The van der Waals surface area contributed by atoms with E-state index in [0.717, 1.165) is 11.1 Å². The Kier molecular flexibility index (Phi) is 6.78. The van der Waals surface area contributed by atoms with Crippen LogP contribution in [0.15, 0.2) is 72.8 Å². The first-order valence-corrected chi connectivity index (χ1v) is 11.7. The van der Waals surface area contributed by atoms with Gasteiger partial charge in [-0.3, -0.25) is 9.59 Å². The maximum atomic E-state index is 13.2. The molecule has 2 aromatic carbocycles. The number of ether oxygens (including phenoxy) is 1. The molecule has 1 aromatic heterocycles. The number of carbonyl (C=O) groups excluding carboxylic acids is 2. The fraction of sp³-hybridized carbons (Fsp3) is 0.321. The number of benzene rings is 2. The van der Waals surface area contributed by atoms with E-state index in [2.05, 4.69) is 25.8 Å². The van der Waals surface area contributed by atoms with Crippen molar-refractivity contribution in [2.24, 2.45) is 0 Å². The normalized spacial score (nSPS) is 17.7. The van der Waals surface area contributed by atoms with Gasteiger partial charge in [-0.15, -0.1) is 0 Å². The molecule has 35 heavy (non-hydrogen) atoms. The number of aryl methyl sites for hydroxylation is 1. The van der Waals surface area contributed by atoms with Crippen molar-refractivity contribution in [2.45, 2.75) is 45.2 Å². The lowest BCUT2D eigenvalue weighted by Gasteiger charge is -2.26. The van der Waals surface area contributed by atoms with Crippen LogP contribution in [0.4, 0.5) is 0 Å². The van der Waals surface area contributed by atoms with E-state index in [4.69, 9.17) is 4.74 Å². The Morgan fingerprint density at radius 1 is 1.09 bits per heavy atom. The lowest BCUT2D eigenvalue weighted by atomic mass is 9.85. The zero-order chi connectivity index (χ0) is 25.2. The van der Waals surface area contributed by atoms with E-state index in [1.54, 1.807) is 41.7 Å². The van der Waals surface area contributed by atoms with Gasteiger partial charge in [0.1, 0.15) is 11.5 Å². The van der Waals surface area contributed by atoms with Gasteiger partial charge in [-0.1, -0.05) is 57.2 Å². The highest BCUT2D eigenvalue weighted by molar-refractivity contribution is 6.46. The zero-order valence-electron chi connectivity index (χ0n) is 20.6. The van der Waals surface area contributed by atoms with Crippen LogP contribution in [0, 0.1) is 0 Å². The van der Waals surface area contributed by atoms with Gasteiger partial charge in [0.15, 0.2) is 0 Å². The van der Waals surface area contributed by atoms with E-state index in [0.29, 0.717) is 30.8 Å². The van der Waals surface area contributed by atoms with E-state index in [9.17, 15) is 14.7 Å². The molecule has 0 spiro atoms. The predicted octanol–water partition coefficient (Wildman–Crippen LogP) is 4.70. The van der Waals surface area contributed by atoms with E-state index in [-0.39, 0.29) is 16.7 Å². The maximum Gasteiger partial charge on any atom is 0.295 e. The monoisotopic (exact) mass is 473 g/mol. The van der Waals surface area contributed by atoms with Gasteiger partial charge in [0.05, 0.1) is 25.1 Å². The molecule has 0 bridgehead atoms. The highest BCUT2D eigenvalue weighted by atomic mass is 16.5. The average Bonchev–Trinajstić information content (AvgIpc) is 3.45. The number of aromatic nitrogens is 2. The van der Waals surface area contributed by atoms with Crippen molar-refractivity contribution in [3.05, 3.63) is 89.5 Å². The number of amides is 1. The Balaban J connectivity index is 1.75. The number of Topliss-reactive ketones (excluding diaryl/α,β-unsaturated/α-hetero) is 1. The summed E-state index contributed by atoms with van der Waals surface area (Å²) in [5.74, 6) is -0.943. The molecule has 182 valence electrons. The minimum absolute atomic E-state index is 0.0360. The van der Waals surface area contributed by atoms with Gasteiger partial charge in [-0.2, -0.15) is 0 Å². The second-order valence-corrected chi connectivity index (χ2v) is 9.75. The average molecular weight is 474 g/mol. The van der Waals surface area contributed by atoms with Crippen LogP contribution in [-0.2, 0) is 21.5 Å². The predicted molar refractivity (Wildman–Crippen MR) is 134 cm³/mol. The molecule has 2 heterocycles. The highest BCUT2D eigenvalue weighted by Crippen LogP contribution is 2.40. The lowest BCUT2D eigenvalue weighted by Crippen LogP contribution is -2.31. The van der Waals surface area contributed by atoms with Gasteiger partial charge in [0, 0.05) is 31.0 Å². The quantitative estimate of drug-likeness (QED) is 0.305. The van der Waals surface area contributed by atoms with Gasteiger partial charge in [0.25, 0.3) is 11.7 Å². The number of hydrogen-bond donors (Lipinski definition) is 1. The Hall–Kier alpha value is -3.87. The molecule has 0 radical (unpaired) electrons. The molecule has 4 rings (SSSR count). The summed E-state index contributed by atoms with van der Waals surface area (Å²) >= 11 is 0. The van der Waals surface area contributed by atoms with Crippen LogP contribution in [0.25, 0.3) is 5.76 Å². The first-order valence-electron chi connectivity index (χ1n) is 11.7. The number of hydrogen-bond acceptors (Lipinski definition) is 5. The highest BCUT2D eigenvalue weighted by Gasteiger charge is 2.45. The van der Waals surface area contributed by atoms with Crippen LogP contribution in [-0.4, -0.2) is 44.9 Å². The van der Waals surface area contributed by atoms with Crippen LogP contribution in [0.1, 0.15) is 49.9 Å². The molecule has 1 atom stereocenters. The van der Waals surface area contributed by atoms with E-state index >= 15 is 0 Å². The van der Waals surface area contributed by atoms with Gasteiger partial charge < -0.3 is 19.3 Å². The van der Waals surface area contributed by atoms with Crippen molar-refractivity contribution < 1.29 is 19.4 Å². The number of methoxy groups -OCH3 is 1. The SMILES string of the molecule is COc1cccc(C(O)=C2C(=O)C(=O)N(CCCn3ccnc3)[C@@H]2c2ccc(C(C)(C)C)cc2)c1. The summed E-state index contributed by atoms with van der Waals surface area (Å²) in [6.07, 6.45) is 5.93. The summed E-state index contributed by atoms with van der Waals surface area (Å²) in [5, 5.41) is 11.2. The fourth-order valence-electron chi connectivity index (χ4n) is 4.39. The number of rotatable bonds is 7. The summed E-state index contributed by atoms with van der Waals surface area (Å²) in [4.78, 5) is 32.0. The number of nitrogens with zero attached hydrogens (tertiary/aromatic N) is 3.